The Labute approximate surface area is 111 Å². The van der Waals surface area contributed by atoms with Crippen LogP contribution in [0.1, 0.15) is 58.8 Å². The van der Waals surface area contributed by atoms with E-state index in [0.29, 0.717) is 18.4 Å². The predicted molar refractivity (Wildman–Crippen MR) is 74.0 cm³/mol. The standard InChI is InChI=1S/C15H28N2O/c1-10-6-11(2)8-13(7-10)17-15(18)9-12-4-3-5-14(12)16/h10-14H,3-9,16H2,1-2H3,(H,17,18)/t10?,11?,12-,13?,14+/m0/s1. The molecule has 0 spiro atoms. The Morgan fingerprint density at radius 3 is 2.39 bits per heavy atom. The number of hydrogen-bond donors (Lipinski definition) is 2. The molecule has 2 fully saturated rings. The fourth-order valence-corrected chi connectivity index (χ4v) is 3.91. The molecule has 0 aromatic carbocycles. The minimum absolute atomic E-state index is 0.226. The van der Waals surface area contributed by atoms with Crippen molar-refractivity contribution in [3.63, 3.8) is 0 Å². The first-order valence-electron chi connectivity index (χ1n) is 7.59. The summed E-state index contributed by atoms with van der Waals surface area (Å²) in [6.45, 7) is 4.59. The van der Waals surface area contributed by atoms with Gasteiger partial charge in [-0.05, 0) is 49.9 Å². The van der Waals surface area contributed by atoms with E-state index in [-0.39, 0.29) is 11.9 Å². The molecule has 2 rings (SSSR count). The van der Waals surface area contributed by atoms with E-state index < -0.39 is 0 Å². The van der Waals surface area contributed by atoms with Crippen molar-refractivity contribution in [2.24, 2.45) is 23.5 Å². The van der Waals surface area contributed by atoms with E-state index in [0.717, 1.165) is 37.5 Å². The van der Waals surface area contributed by atoms with E-state index in [1.54, 1.807) is 0 Å². The third-order valence-electron chi connectivity index (χ3n) is 4.71. The third-order valence-corrected chi connectivity index (χ3v) is 4.71. The van der Waals surface area contributed by atoms with E-state index in [9.17, 15) is 4.79 Å². The molecule has 0 saturated heterocycles. The highest BCUT2D eigenvalue weighted by atomic mass is 16.1. The molecular weight excluding hydrogens is 224 g/mol. The number of nitrogens with one attached hydrogen (secondary N) is 1. The zero-order valence-corrected chi connectivity index (χ0v) is 11.8. The van der Waals surface area contributed by atoms with Crippen LogP contribution in [0.4, 0.5) is 0 Å². The normalized spacial score (nSPS) is 40.7. The van der Waals surface area contributed by atoms with E-state index in [1.807, 2.05) is 0 Å². The summed E-state index contributed by atoms with van der Waals surface area (Å²) in [6, 6.07) is 0.647. The van der Waals surface area contributed by atoms with Crippen LogP contribution in [0, 0.1) is 17.8 Å². The fraction of sp³-hybridized carbons (Fsp3) is 0.933. The van der Waals surface area contributed by atoms with Gasteiger partial charge in [-0.1, -0.05) is 20.3 Å². The number of amides is 1. The van der Waals surface area contributed by atoms with E-state index in [1.165, 1.54) is 12.8 Å². The summed E-state index contributed by atoms with van der Waals surface area (Å²) >= 11 is 0. The van der Waals surface area contributed by atoms with Gasteiger partial charge in [0.2, 0.25) is 5.91 Å². The van der Waals surface area contributed by atoms with Crippen LogP contribution in [0.2, 0.25) is 0 Å². The molecular formula is C15H28N2O. The van der Waals surface area contributed by atoms with Gasteiger partial charge < -0.3 is 11.1 Å². The minimum Gasteiger partial charge on any atom is -0.353 e. The summed E-state index contributed by atoms with van der Waals surface area (Å²) in [6.07, 6.45) is 7.65. The smallest absolute Gasteiger partial charge is 0.220 e. The molecule has 2 unspecified atom stereocenters. The van der Waals surface area contributed by atoms with Gasteiger partial charge in [0, 0.05) is 18.5 Å². The first-order valence-corrected chi connectivity index (χ1v) is 7.59. The summed E-state index contributed by atoms with van der Waals surface area (Å²) in [5.74, 6) is 2.13. The van der Waals surface area contributed by atoms with Crippen LogP contribution in [0.5, 0.6) is 0 Å². The van der Waals surface area contributed by atoms with Crippen LogP contribution >= 0.6 is 0 Å². The Balaban J connectivity index is 1.76. The van der Waals surface area contributed by atoms with Gasteiger partial charge in [0.05, 0.1) is 0 Å². The average Bonchev–Trinajstić information content (AvgIpc) is 2.62. The molecule has 3 nitrogen and oxygen atoms in total. The second kappa shape index (κ2) is 6.05. The molecule has 0 aromatic rings. The van der Waals surface area contributed by atoms with Crippen molar-refractivity contribution in [2.75, 3.05) is 0 Å². The maximum atomic E-state index is 12.1. The van der Waals surface area contributed by atoms with Crippen molar-refractivity contribution in [1.29, 1.82) is 0 Å². The Morgan fingerprint density at radius 2 is 1.83 bits per heavy atom. The molecule has 0 aliphatic heterocycles. The van der Waals surface area contributed by atoms with Crippen molar-refractivity contribution >= 4 is 5.91 Å². The number of rotatable bonds is 3. The maximum absolute atomic E-state index is 12.1. The number of hydrogen-bond acceptors (Lipinski definition) is 2. The summed E-state index contributed by atoms with van der Waals surface area (Å²) in [4.78, 5) is 12.1. The van der Waals surface area contributed by atoms with Crippen molar-refractivity contribution in [1.82, 2.24) is 5.32 Å². The first-order chi connectivity index (χ1) is 8.54. The summed E-state index contributed by atoms with van der Waals surface area (Å²) in [7, 11) is 0. The van der Waals surface area contributed by atoms with Crippen LogP contribution < -0.4 is 11.1 Å². The van der Waals surface area contributed by atoms with Crippen LogP contribution in [-0.2, 0) is 4.79 Å². The zero-order valence-electron chi connectivity index (χ0n) is 11.8. The Morgan fingerprint density at radius 1 is 1.17 bits per heavy atom. The molecule has 0 radical (unpaired) electrons. The van der Waals surface area contributed by atoms with Gasteiger partial charge in [-0.3, -0.25) is 4.79 Å². The van der Waals surface area contributed by atoms with Crippen molar-refractivity contribution in [3.05, 3.63) is 0 Å². The second-order valence-corrected chi connectivity index (χ2v) is 6.74. The highest BCUT2D eigenvalue weighted by molar-refractivity contribution is 5.76. The third kappa shape index (κ3) is 3.71. The Hall–Kier alpha value is -0.570. The second-order valence-electron chi connectivity index (χ2n) is 6.74. The van der Waals surface area contributed by atoms with Crippen LogP contribution in [0.15, 0.2) is 0 Å². The van der Waals surface area contributed by atoms with Gasteiger partial charge in [-0.15, -0.1) is 0 Å². The highest BCUT2D eigenvalue weighted by Gasteiger charge is 2.28. The van der Waals surface area contributed by atoms with Crippen LogP contribution in [0.3, 0.4) is 0 Å². The van der Waals surface area contributed by atoms with Gasteiger partial charge in [0.1, 0.15) is 0 Å². The lowest BCUT2D eigenvalue weighted by molar-refractivity contribution is -0.123. The first kappa shape index (κ1) is 13.9. The number of nitrogens with two attached hydrogens (primary N) is 1. The lowest BCUT2D eigenvalue weighted by Crippen LogP contribution is -2.41. The molecule has 2 saturated carbocycles. The predicted octanol–water partition coefficient (Wildman–Crippen LogP) is 2.44. The molecule has 4 atom stereocenters. The fourth-order valence-electron chi connectivity index (χ4n) is 3.91. The maximum Gasteiger partial charge on any atom is 0.220 e. The molecule has 0 aromatic heterocycles. The Kier molecular flexibility index (Phi) is 4.66. The monoisotopic (exact) mass is 252 g/mol. The summed E-state index contributed by atoms with van der Waals surface area (Å²) in [5, 5.41) is 3.23. The van der Waals surface area contributed by atoms with E-state index >= 15 is 0 Å². The van der Waals surface area contributed by atoms with Crippen molar-refractivity contribution < 1.29 is 4.79 Å². The quantitative estimate of drug-likeness (QED) is 0.810. The van der Waals surface area contributed by atoms with Crippen LogP contribution in [0.25, 0.3) is 0 Å². The van der Waals surface area contributed by atoms with E-state index in [4.69, 9.17) is 5.73 Å². The number of carbonyl (C=O) groups is 1. The topological polar surface area (TPSA) is 55.1 Å². The van der Waals surface area contributed by atoms with Gasteiger partial charge in [0.25, 0.3) is 0 Å². The van der Waals surface area contributed by atoms with Gasteiger partial charge in [-0.25, -0.2) is 0 Å². The largest absolute Gasteiger partial charge is 0.353 e. The van der Waals surface area contributed by atoms with Crippen molar-refractivity contribution in [2.45, 2.75) is 70.9 Å². The minimum atomic E-state index is 0.226. The molecule has 1 amide bonds. The summed E-state index contributed by atoms with van der Waals surface area (Å²) < 4.78 is 0. The lowest BCUT2D eigenvalue weighted by Gasteiger charge is -2.32. The van der Waals surface area contributed by atoms with Gasteiger partial charge in [-0.2, -0.15) is 0 Å². The Bertz CT molecular complexity index is 282. The average molecular weight is 252 g/mol. The highest BCUT2D eigenvalue weighted by Crippen LogP contribution is 2.30. The summed E-state index contributed by atoms with van der Waals surface area (Å²) in [5.41, 5.74) is 6.02. The molecule has 2 aliphatic carbocycles. The number of carbonyl (C=O) groups excluding carboxylic acids is 1. The van der Waals surface area contributed by atoms with Gasteiger partial charge in [0.15, 0.2) is 0 Å². The molecule has 2 aliphatic rings. The lowest BCUT2D eigenvalue weighted by atomic mass is 9.80. The van der Waals surface area contributed by atoms with E-state index in [2.05, 4.69) is 19.2 Å². The van der Waals surface area contributed by atoms with Crippen LogP contribution in [-0.4, -0.2) is 18.0 Å². The van der Waals surface area contributed by atoms with Gasteiger partial charge >= 0.3 is 0 Å². The molecule has 3 heteroatoms. The molecule has 0 bridgehead atoms. The molecule has 3 N–H and O–H groups in total. The molecule has 0 heterocycles. The molecule has 18 heavy (non-hydrogen) atoms. The zero-order chi connectivity index (χ0) is 13.1. The SMILES string of the molecule is CC1CC(C)CC(NC(=O)C[C@@H]2CCC[C@H]2N)C1. The molecule has 104 valence electrons. The van der Waals surface area contributed by atoms with Crippen molar-refractivity contribution in [3.8, 4) is 0 Å².